The summed E-state index contributed by atoms with van der Waals surface area (Å²) in [6.45, 7) is 1.40. The number of quaternary nitrogens is 1. The molecule has 1 heterocycles. The fourth-order valence-corrected chi connectivity index (χ4v) is 2.09. The van der Waals surface area contributed by atoms with E-state index >= 15 is 0 Å². The van der Waals surface area contributed by atoms with Crippen molar-refractivity contribution in [3.63, 3.8) is 0 Å². The number of ether oxygens (including phenoxy) is 1. The molecule has 0 spiro atoms. The fraction of sp³-hybridized carbons (Fsp3) is 0.375. The summed E-state index contributed by atoms with van der Waals surface area (Å²) in [5.74, 6) is 0.831. The van der Waals surface area contributed by atoms with Crippen LogP contribution in [0, 0.1) is 0 Å². The number of halogens is 1. The van der Waals surface area contributed by atoms with Crippen LogP contribution in [0.25, 0.3) is 6.08 Å². The average molecular weight is 324 g/mol. The van der Waals surface area contributed by atoms with E-state index in [4.69, 9.17) is 4.74 Å². The Labute approximate surface area is 137 Å². The van der Waals surface area contributed by atoms with Gasteiger partial charge >= 0.3 is 0 Å². The number of carbonyl (C=O) groups is 1. The largest absolute Gasteiger partial charge is 1.00 e. The van der Waals surface area contributed by atoms with Gasteiger partial charge in [-0.15, -0.1) is 0 Å². The Hall–Kier alpha value is -1.85. The molecule has 6 heteroatoms. The number of unbranched alkanes of at least 4 members (excludes halogenated alkanes) is 2. The maximum atomic E-state index is 11.6. The molecule has 22 heavy (non-hydrogen) atoms. The third-order valence-electron chi connectivity index (χ3n) is 3.23. The van der Waals surface area contributed by atoms with Crippen LogP contribution in [0.15, 0.2) is 34.9 Å². The summed E-state index contributed by atoms with van der Waals surface area (Å²) in [6, 6.07) is 7.84. The molecule has 4 N–H and O–H groups in total. The summed E-state index contributed by atoms with van der Waals surface area (Å²) in [7, 11) is 0. The molecule has 0 aromatic heterocycles. The number of rotatable bonds is 7. The summed E-state index contributed by atoms with van der Waals surface area (Å²) < 4.78 is 5.61. The molecule has 0 fully saturated rings. The molecule has 1 amide bonds. The van der Waals surface area contributed by atoms with Crippen molar-refractivity contribution in [2.45, 2.75) is 25.7 Å². The minimum atomic E-state index is -0.0481. The van der Waals surface area contributed by atoms with Gasteiger partial charge in [0.25, 0.3) is 0 Å². The Morgan fingerprint density at radius 2 is 2.14 bits per heavy atom. The second kappa shape index (κ2) is 9.97. The summed E-state index contributed by atoms with van der Waals surface area (Å²) >= 11 is 0. The molecule has 0 bridgehead atoms. The molecule has 5 nitrogen and oxygen atoms in total. The molecule has 0 aliphatic carbocycles. The van der Waals surface area contributed by atoms with Crippen molar-refractivity contribution in [3.05, 3.63) is 35.4 Å². The van der Waals surface area contributed by atoms with Gasteiger partial charge in [0.2, 0.25) is 5.91 Å². The van der Waals surface area contributed by atoms with Gasteiger partial charge < -0.3 is 22.9 Å². The first-order chi connectivity index (χ1) is 10.3. The zero-order valence-corrected chi connectivity index (χ0v) is 13.3. The SMILES string of the molecule is [Cl-].[NH3+]CCCCCC(=O)N/N=C/C1=Cc2ccccc2OC1. The van der Waals surface area contributed by atoms with Crippen LogP contribution in [0.2, 0.25) is 0 Å². The smallest absolute Gasteiger partial charge is 0.240 e. The highest BCUT2D eigenvalue weighted by atomic mass is 35.5. The van der Waals surface area contributed by atoms with E-state index in [0.29, 0.717) is 13.0 Å². The van der Waals surface area contributed by atoms with Crippen molar-refractivity contribution in [2.24, 2.45) is 5.10 Å². The minimum Gasteiger partial charge on any atom is -1.00 e. The number of fused-ring (bicyclic) bond motifs is 1. The standard InChI is InChI=1S/C16H21N3O2.ClH/c17-9-5-1-2-8-16(20)19-18-11-13-10-14-6-3-4-7-15(14)21-12-13;/h3-4,6-7,10-11H,1-2,5,8-9,12,17H2,(H,19,20);1H/b18-11+;. The van der Waals surface area contributed by atoms with E-state index < -0.39 is 0 Å². The van der Waals surface area contributed by atoms with Crippen LogP contribution in [-0.4, -0.2) is 25.3 Å². The van der Waals surface area contributed by atoms with Crippen LogP contribution in [0.4, 0.5) is 0 Å². The molecule has 0 unspecified atom stereocenters. The van der Waals surface area contributed by atoms with Gasteiger partial charge in [-0.2, -0.15) is 5.10 Å². The van der Waals surface area contributed by atoms with Crippen molar-refractivity contribution in [2.75, 3.05) is 13.2 Å². The predicted octanol–water partition coefficient (Wildman–Crippen LogP) is -1.63. The highest BCUT2D eigenvalue weighted by molar-refractivity contribution is 5.88. The lowest BCUT2D eigenvalue weighted by Crippen LogP contribution is -3.00. The van der Waals surface area contributed by atoms with Gasteiger partial charge in [-0.05, 0) is 31.4 Å². The fourth-order valence-electron chi connectivity index (χ4n) is 2.09. The second-order valence-corrected chi connectivity index (χ2v) is 5.00. The van der Waals surface area contributed by atoms with Crippen LogP contribution >= 0.6 is 0 Å². The van der Waals surface area contributed by atoms with E-state index in [0.717, 1.165) is 42.7 Å². The summed E-state index contributed by atoms with van der Waals surface area (Å²) in [5.41, 5.74) is 8.30. The molecular weight excluding hydrogens is 302 g/mol. The first kappa shape index (κ1) is 18.2. The van der Waals surface area contributed by atoms with E-state index in [9.17, 15) is 4.79 Å². The van der Waals surface area contributed by atoms with Gasteiger partial charge in [-0.3, -0.25) is 4.79 Å². The number of hydrogen-bond acceptors (Lipinski definition) is 3. The zero-order chi connectivity index (χ0) is 14.9. The van der Waals surface area contributed by atoms with Crippen molar-refractivity contribution >= 4 is 18.2 Å². The van der Waals surface area contributed by atoms with Gasteiger partial charge in [0.15, 0.2) is 0 Å². The Bertz CT molecular complexity index is 544. The van der Waals surface area contributed by atoms with Crippen LogP contribution < -0.4 is 28.3 Å². The van der Waals surface area contributed by atoms with Crippen LogP contribution in [0.1, 0.15) is 31.2 Å². The normalized spacial score (nSPS) is 12.9. The number of hydrazone groups is 1. The predicted molar refractivity (Wildman–Crippen MR) is 82.8 cm³/mol. The van der Waals surface area contributed by atoms with Crippen molar-refractivity contribution in [1.29, 1.82) is 0 Å². The Kier molecular flexibility index (Phi) is 8.25. The number of nitrogens with zero attached hydrogens (tertiary/aromatic N) is 1. The number of benzene rings is 1. The Morgan fingerprint density at radius 1 is 1.32 bits per heavy atom. The molecule has 120 valence electrons. The third-order valence-corrected chi connectivity index (χ3v) is 3.23. The van der Waals surface area contributed by atoms with Gasteiger partial charge in [0.05, 0.1) is 12.8 Å². The maximum Gasteiger partial charge on any atom is 0.240 e. The molecule has 1 aliphatic heterocycles. The van der Waals surface area contributed by atoms with E-state index in [2.05, 4.69) is 16.3 Å². The van der Waals surface area contributed by atoms with E-state index in [1.54, 1.807) is 6.21 Å². The van der Waals surface area contributed by atoms with Crippen LogP contribution in [0.5, 0.6) is 5.75 Å². The number of para-hydroxylation sites is 1. The average Bonchev–Trinajstić information content (AvgIpc) is 2.51. The first-order valence-electron chi connectivity index (χ1n) is 7.33. The maximum absolute atomic E-state index is 11.6. The Morgan fingerprint density at radius 3 is 2.95 bits per heavy atom. The molecule has 0 radical (unpaired) electrons. The quantitative estimate of drug-likeness (QED) is 0.359. The number of carbonyl (C=O) groups excluding carboxylic acids is 1. The molecular formula is C16H22ClN3O2. The number of amides is 1. The highest BCUT2D eigenvalue weighted by Crippen LogP contribution is 2.24. The van der Waals surface area contributed by atoms with Crippen molar-refractivity contribution in [1.82, 2.24) is 5.43 Å². The molecule has 2 rings (SSSR count). The summed E-state index contributed by atoms with van der Waals surface area (Å²) in [4.78, 5) is 11.6. The van der Waals surface area contributed by atoms with Gasteiger partial charge in [-0.1, -0.05) is 18.2 Å². The lowest BCUT2D eigenvalue weighted by Gasteiger charge is -2.15. The molecule has 0 saturated heterocycles. The van der Waals surface area contributed by atoms with E-state index in [1.165, 1.54) is 0 Å². The first-order valence-corrected chi connectivity index (χ1v) is 7.33. The number of nitrogens with one attached hydrogen (secondary N) is 1. The van der Waals surface area contributed by atoms with Crippen molar-refractivity contribution in [3.8, 4) is 5.75 Å². The van der Waals surface area contributed by atoms with E-state index in [1.807, 2.05) is 30.3 Å². The second-order valence-electron chi connectivity index (χ2n) is 5.00. The topological polar surface area (TPSA) is 78.3 Å². The zero-order valence-electron chi connectivity index (χ0n) is 12.6. The Balaban J connectivity index is 0.00000242. The third kappa shape index (κ3) is 5.87. The van der Waals surface area contributed by atoms with Gasteiger partial charge in [-0.25, -0.2) is 5.43 Å². The number of hydrogen-bond donors (Lipinski definition) is 2. The summed E-state index contributed by atoms with van der Waals surface area (Å²) in [5, 5.41) is 3.98. The molecule has 0 saturated carbocycles. The highest BCUT2D eigenvalue weighted by Gasteiger charge is 2.08. The van der Waals surface area contributed by atoms with Crippen LogP contribution in [0.3, 0.4) is 0 Å². The van der Waals surface area contributed by atoms with Crippen LogP contribution in [-0.2, 0) is 4.79 Å². The molecule has 0 atom stereocenters. The molecule has 1 aliphatic rings. The minimum absolute atomic E-state index is 0. The van der Waals surface area contributed by atoms with E-state index in [-0.39, 0.29) is 18.3 Å². The monoisotopic (exact) mass is 323 g/mol. The van der Waals surface area contributed by atoms with Gasteiger partial charge in [0, 0.05) is 17.6 Å². The van der Waals surface area contributed by atoms with Crippen molar-refractivity contribution < 1.29 is 27.7 Å². The molecule has 1 aromatic rings. The molecule has 1 aromatic carbocycles. The van der Waals surface area contributed by atoms with Gasteiger partial charge in [0.1, 0.15) is 12.4 Å². The summed E-state index contributed by atoms with van der Waals surface area (Å²) in [6.07, 6.45) is 7.16. The lowest BCUT2D eigenvalue weighted by atomic mass is 10.1. The lowest BCUT2D eigenvalue weighted by molar-refractivity contribution is -0.368.